The molecule has 0 aliphatic carbocycles. The number of nitrogens with zero attached hydrogens (tertiary/aromatic N) is 3. The average molecular weight is 266 g/mol. The maximum atomic E-state index is 6.37. The Hall–Kier alpha value is -0.940. The van der Waals surface area contributed by atoms with E-state index in [9.17, 15) is 0 Å². The molecule has 108 valence electrons. The minimum absolute atomic E-state index is 0.0251. The van der Waals surface area contributed by atoms with Crippen LogP contribution in [0.25, 0.3) is 0 Å². The van der Waals surface area contributed by atoms with E-state index in [0.29, 0.717) is 5.92 Å². The lowest BCUT2D eigenvalue weighted by molar-refractivity contribution is -0.0812. The highest BCUT2D eigenvalue weighted by Crippen LogP contribution is 2.28. The molecule has 0 aromatic carbocycles. The Balaban J connectivity index is 2.02. The van der Waals surface area contributed by atoms with Gasteiger partial charge in [-0.25, -0.2) is 9.67 Å². The van der Waals surface area contributed by atoms with Crippen LogP contribution in [0.2, 0.25) is 0 Å². The van der Waals surface area contributed by atoms with Crippen molar-refractivity contribution >= 4 is 0 Å². The summed E-state index contributed by atoms with van der Waals surface area (Å²) in [4.78, 5) is 4.35. The Labute approximate surface area is 115 Å². The molecule has 19 heavy (non-hydrogen) atoms. The zero-order valence-electron chi connectivity index (χ0n) is 12.3. The lowest BCUT2D eigenvalue weighted by atomic mass is 9.87. The molecule has 0 radical (unpaired) electrons. The summed E-state index contributed by atoms with van der Waals surface area (Å²) in [5.41, 5.74) is 6.15. The quantitative estimate of drug-likeness (QED) is 0.882. The van der Waals surface area contributed by atoms with Crippen molar-refractivity contribution in [3.63, 3.8) is 0 Å². The van der Waals surface area contributed by atoms with Gasteiger partial charge >= 0.3 is 0 Å². The van der Waals surface area contributed by atoms with Crippen LogP contribution in [-0.2, 0) is 17.7 Å². The fourth-order valence-corrected chi connectivity index (χ4v) is 2.61. The van der Waals surface area contributed by atoms with E-state index in [1.807, 2.05) is 4.68 Å². The lowest BCUT2D eigenvalue weighted by Gasteiger charge is -2.38. The lowest BCUT2D eigenvalue weighted by Crippen LogP contribution is -2.51. The number of hydrogen-bond donors (Lipinski definition) is 1. The van der Waals surface area contributed by atoms with Gasteiger partial charge in [-0.3, -0.25) is 0 Å². The normalized spacial score (nSPS) is 25.7. The van der Waals surface area contributed by atoms with Gasteiger partial charge in [0.25, 0.3) is 0 Å². The summed E-state index contributed by atoms with van der Waals surface area (Å²) in [5, 5.41) is 4.29. The van der Waals surface area contributed by atoms with E-state index in [1.54, 1.807) is 6.33 Å². The molecule has 2 rings (SSSR count). The Morgan fingerprint density at radius 1 is 1.47 bits per heavy atom. The minimum atomic E-state index is -0.215. The molecule has 0 bridgehead atoms. The van der Waals surface area contributed by atoms with Gasteiger partial charge in [0.2, 0.25) is 0 Å². The second-order valence-corrected chi connectivity index (χ2v) is 6.18. The van der Waals surface area contributed by atoms with Crippen molar-refractivity contribution in [2.75, 3.05) is 6.61 Å². The molecule has 1 aromatic rings. The van der Waals surface area contributed by atoms with Gasteiger partial charge in [0, 0.05) is 25.6 Å². The summed E-state index contributed by atoms with van der Waals surface area (Å²) in [6.07, 6.45) is 5.72. The molecule has 1 saturated heterocycles. The first-order chi connectivity index (χ1) is 9.01. The van der Waals surface area contributed by atoms with E-state index in [4.69, 9.17) is 10.5 Å². The number of hydrogen-bond acceptors (Lipinski definition) is 4. The van der Waals surface area contributed by atoms with Gasteiger partial charge in [-0.2, -0.15) is 5.10 Å². The van der Waals surface area contributed by atoms with Crippen LogP contribution in [0, 0.1) is 5.92 Å². The molecule has 2 atom stereocenters. The number of nitrogens with two attached hydrogens (primary N) is 1. The smallest absolute Gasteiger partial charge is 0.138 e. The molecule has 2 N–H and O–H groups in total. The molecular weight excluding hydrogens is 240 g/mol. The van der Waals surface area contributed by atoms with Gasteiger partial charge in [0.15, 0.2) is 0 Å². The molecule has 5 heteroatoms. The van der Waals surface area contributed by atoms with Crippen LogP contribution in [0.3, 0.4) is 0 Å². The first kappa shape index (κ1) is 14.5. The Morgan fingerprint density at radius 2 is 2.26 bits per heavy atom. The van der Waals surface area contributed by atoms with Crippen molar-refractivity contribution in [3.05, 3.63) is 12.2 Å². The second-order valence-electron chi connectivity index (χ2n) is 6.18. The molecule has 5 nitrogen and oxygen atoms in total. The highest BCUT2D eigenvalue weighted by molar-refractivity contribution is 4.98. The predicted octanol–water partition coefficient (Wildman–Crippen LogP) is 1.76. The monoisotopic (exact) mass is 266 g/mol. The molecule has 1 aliphatic rings. The summed E-state index contributed by atoms with van der Waals surface area (Å²) in [7, 11) is 0. The summed E-state index contributed by atoms with van der Waals surface area (Å²) in [5.74, 6) is 1.52. The third-order valence-corrected chi connectivity index (χ3v) is 3.92. The first-order valence-electron chi connectivity index (χ1n) is 7.27. The zero-order valence-corrected chi connectivity index (χ0v) is 12.3. The van der Waals surface area contributed by atoms with E-state index in [1.165, 1.54) is 6.42 Å². The van der Waals surface area contributed by atoms with Crippen LogP contribution >= 0.6 is 0 Å². The van der Waals surface area contributed by atoms with Crippen molar-refractivity contribution in [2.45, 2.75) is 64.6 Å². The topological polar surface area (TPSA) is 66.0 Å². The highest BCUT2D eigenvalue weighted by Gasteiger charge is 2.35. The molecular formula is C14H26N4O. The number of ether oxygens (including phenoxy) is 1. The van der Waals surface area contributed by atoms with Gasteiger partial charge < -0.3 is 10.5 Å². The van der Waals surface area contributed by atoms with E-state index in [2.05, 4.69) is 30.9 Å². The van der Waals surface area contributed by atoms with Crippen molar-refractivity contribution in [2.24, 2.45) is 11.7 Å². The molecule has 1 aliphatic heterocycles. The van der Waals surface area contributed by atoms with Crippen LogP contribution in [0.4, 0.5) is 0 Å². The Bertz CT molecular complexity index is 396. The molecule has 0 spiro atoms. The summed E-state index contributed by atoms with van der Waals surface area (Å²) >= 11 is 0. The number of aromatic nitrogens is 3. The maximum Gasteiger partial charge on any atom is 0.138 e. The van der Waals surface area contributed by atoms with Gasteiger partial charge in [-0.15, -0.1) is 0 Å². The van der Waals surface area contributed by atoms with E-state index >= 15 is 0 Å². The Kier molecular flexibility index (Phi) is 4.58. The largest absolute Gasteiger partial charge is 0.374 e. The summed E-state index contributed by atoms with van der Waals surface area (Å²) in [6, 6.07) is -0.0251. The third-order valence-electron chi connectivity index (χ3n) is 3.92. The molecule has 2 unspecified atom stereocenters. The molecule has 0 amide bonds. The van der Waals surface area contributed by atoms with Crippen LogP contribution in [0.15, 0.2) is 6.33 Å². The summed E-state index contributed by atoms with van der Waals surface area (Å²) in [6.45, 7) is 8.19. The van der Waals surface area contributed by atoms with Crippen LogP contribution in [0.5, 0.6) is 0 Å². The zero-order chi connectivity index (χ0) is 13.9. The second kappa shape index (κ2) is 6.01. The van der Waals surface area contributed by atoms with Crippen LogP contribution < -0.4 is 5.73 Å². The standard InChI is InChI=1S/C14H26N4O/c1-11(2)9-18-13(16-10-17-18)8-12(15)14(3)6-4-5-7-19-14/h10-12H,4-9,15H2,1-3H3. The van der Waals surface area contributed by atoms with Gasteiger partial charge in [-0.05, 0) is 32.1 Å². The van der Waals surface area contributed by atoms with Crippen LogP contribution in [0.1, 0.15) is 45.9 Å². The third kappa shape index (κ3) is 3.54. The van der Waals surface area contributed by atoms with Gasteiger partial charge in [-0.1, -0.05) is 13.8 Å². The predicted molar refractivity (Wildman–Crippen MR) is 74.7 cm³/mol. The fourth-order valence-electron chi connectivity index (χ4n) is 2.61. The SMILES string of the molecule is CC(C)Cn1ncnc1CC(N)C1(C)CCCCO1. The number of rotatable bonds is 5. The van der Waals surface area contributed by atoms with Crippen LogP contribution in [-0.4, -0.2) is 33.0 Å². The van der Waals surface area contributed by atoms with Crippen molar-refractivity contribution in [3.8, 4) is 0 Å². The molecule has 0 saturated carbocycles. The molecule has 2 heterocycles. The van der Waals surface area contributed by atoms with Crippen molar-refractivity contribution in [1.29, 1.82) is 0 Å². The van der Waals surface area contributed by atoms with Crippen molar-refractivity contribution in [1.82, 2.24) is 14.8 Å². The van der Waals surface area contributed by atoms with E-state index in [0.717, 1.165) is 38.2 Å². The van der Waals surface area contributed by atoms with Gasteiger partial charge in [0.05, 0.1) is 5.60 Å². The molecule has 1 fully saturated rings. The average Bonchev–Trinajstić information content (AvgIpc) is 2.76. The minimum Gasteiger partial charge on any atom is -0.374 e. The van der Waals surface area contributed by atoms with Crippen molar-refractivity contribution < 1.29 is 4.74 Å². The molecule has 1 aromatic heterocycles. The Morgan fingerprint density at radius 3 is 2.89 bits per heavy atom. The van der Waals surface area contributed by atoms with Gasteiger partial charge in [0.1, 0.15) is 12.2 Å². The fraction of sp³-hybridized carbons (Fsp3) is 0.857. The maximum absolute atomic E-state index is 6.37. The summed E-state index contributed by atoms with van der Waals surface area (Å²) < 4.78 is 7.88. The highest BCUT2D eigenvalue weighted by atomic mass is 16.5. The first-order valence-corrected chi connectivity index (χ1v) is 7.27. The van der Waals surface area contributed by atoms with E-state index < -0.39 is 0 Å². The van der Waals surface area contributed by atoms with E-state index in [-0.39, 0.29) is 11.6 Å².